The minimum Gasteiger partial charge on any atom is -0.387 e. The number of likely N-dealkylation sites (tertiary alicyclic amines) is 1. The number of hydrogen-bond donors (Lipinski definition) is 2. The lowest BCUT2D eigenvalue weighted by Crippen LogP contribution is -2.42. The molecule has 3 nitrogen and oxygen atoms in total. The third-order valence-corrected chi connectivity index (χ3v) is 6.54. The molecule has 0 aromatic heterocycles. The summed E-state index contributed by atoms with van der Waals surface area (Å²) >= 11 is 0. The van der Waals surface area contributed by atoms with Crippen molar-refractivity contribution in [3.05, 3.63) is 71.3 Å². The molecule has 5 heteroatoms. The fraction of sp³-hybridized carbons (Fsp3) is 0.478. The first-order valence-electron chi connectivity index (χ1n) is 10.2. The summed E-state index contributed by atoms with van der Waals surface area (Å²) in [5, 5.41) is 13.7. The maximum absolute atomic E-state index is 13.4. The average Bonchev–Trinajstić information content (AvgIpc) is 3.03. The molecule has 2 fully saturated rings. The van der Waals surface area contributed by atoms with Crippen LogP contribution in [-0.2, 0) is 6.54 Å². The Hall–Kier alpha value is -1.82. The highest BCUT2D eigenvalue weighted by Gasteiger charge is 2.49. The van der Waals surface area contributed by atoms with Crippen molar-refractivity contribution in [2.24, 2.45) is 11.3 Å². The highest BCUT2D eigenvalue weighted by Crippen LogP contribution is 2.51. The van der Waals surface area contributed by atoms with Crippen LogP contribution < -0.4 is 5.32 Å². The molecule has 1 aliphatic heterocycles. The lowest BCUT2D eigenvalue weighted by atomic mass is 9.63. The lowest BCUT2D eigenvalue weighted by molar-refractivity contribution is 0.0858. The molecular weight excluding hydrogens is 358 g/mol. The van der Waals surface area contributed by atoms with E-state index in [0.717, 1.165) is 38.3 Å². The predicted molar refractivity (Wildman–Crippen MR) is 106 cm³/mol. The Balaban J connectivity index is 1.31. The fourth-order valence-corrected chi connectivity index (χ4v) is 4.82. The number of rotatable bonds is 7. The zero-order chi connectivity index (χ0) is 19.6. The second-order valence-corrected chi connectivity index (χ2v) is 8.42. The van der Waals surface area contributed by atoms with Crippen molar-refractivity contribution in [2.75, 3.05) is 26.2 Å². The summed E-state index contributed by atoms with van der Waals surface area (Å²) in [5.41, 5.74) is 2.15. The largest absolute Gasteiger partial charge is 0.387 e. The van der Waals surface area contributed by atoms with Crippen LogP contribution in [0, 0.1) is 23.0 Å². The van der Waals surface area contributed by atoms with Crippen LogP contribution in [-0.4, -0.2) is 36.2 Å². The number of aliphatic hydroxyl groups is 1. The number of nitrogens with zero attached hydrogens (tertiary/aromatic N) is 1. The minimum absolute atomic E-state index is 0.344. The van der Waals surface area contributed by atoms with Crippen LogP contribution in [0.1, 0.15) is 36.5 Å². The number of halogens is 2. The van der Waals surface area contributed by atoms with Gasteiger partial charge in [0, 0.05) is 26.2 Å². The van der Waals surface area contributed by atoms with Crippen molar-refractivity contribution in [1.82, 2.24) is 10.2 Å². The maximum Gasteiger partial charge on any atom is 0.159 e. The SMILES string of the molecule is OC(CNCC1CN(Cc2ccccc2)CC12CCC2)c1ccc(F)c(F)c1. The Bertz CT molecular complexity index is 794. The van der Waals surface area contributed by atoms with Crippen LogP contribution in [0.3, 0.4) is 0 Å². The molecule has 2 aromatic rings. The zero-order valence-corrected chi connectivity index (χ0v) is 16.1. The van der Waals surface area contributed by atoms with Gasteiger partial charge in [-0.3, -0.25) is 4.90 Å². The summed E-state index contributed by atoms with van der Waals surface area (Å²) < 4.78 is 26.4. The second kappa shape index (κ2) is 8.27. The molecule has 2 unspecified atom stereocenters. The third kappa shape index (κ3) is 4.12. The van der Waals surface area contributed by atoms with E-state index in [1.807, 2.05) is 6.07 Å². The molecule has 1 saturated heterocycles. The smallest absolute Gasteiger partial charge is 0.159 e. The van der Waals surface area contributed by atoms with Gasteiger partial charge in [-0.15, -0.1) is 0 Å². The van der Waals surface area contributed by atoms with Crippen LogP contribution >= 0.6 is 0 Å². The first-order chi connectivity index (χ1) is 13.6. The Morgan fingerprint density at radius 2 is 1.89 bits per heavy atom. The molecule has 1 aliphatic carbocycles. The van der Waals surface area contributed by atoms with Gasteiger partial charge in [-0.05, 0) is 54.0 Å². The van der Waals surface area contributed by atoms with Crippen LogP contribution in [0.25, 0.3) is 0 Å². The van der Waals surface area contributed by atoms with Crippen molar-refractivity contribution < 1.29 is 13.9 Å². The number of nitrogens with one attached hydrogen (secondary N) is 1. The highest BCUT2D eigenvalue weighted by atomic mass is 19.2. The Morgan fingerprint density at radius 3 is 2.57 bits per heavy atom. The normalized spacial score (nSPS) is 22.3. The van der Waals surface area contributed by atoms with Gasteiger partial charge in [0.05, 0.1) is 6.10 Å². The first-order valence-corrected chi connectivity index (χ1v) is 10.2. The molecule has 2 aliphatic rings. The maximum atomic E-state index is 13.4. The van der Waals surface area contributed by atoms with Crippen molar-refractivity contribution in [3.63, 3.8) is 0 Å². The first kappa shape index (κ1) is 19.5. The average molecular weight is 386 g/mol. The van der Waals surface area contributed by atoms with Gasteiger partial charge in [-0.2, -0.15) is 0 Å². The Labute approximate surface area is 165 Å². The molecule has 4 rings (SSSR count). The van der Waals surface area contributed by atoms with Crippen molar-refractivity contribution in [3.8, 4) is 0 Å². The van der Waals surface area contributed by atoms with Crippen LogP contribution in [0.15, 0.2) is 48.5 Å². The number of aliphatic hydroxyl groups excluding tert-OH is 1. The van der Waals surface area contributed by atoms with Crippen molar-refractivity contribution >= 4 is 0 Å². The molecule has 1 heterocycles. The van der Waals surface area contributed by atoms with Crippen LogP contribution in [0.5, 0.6) is 0 Å². The van der Waals surface area contributed by atoms with Gasteiger partial charge >= 0.3 is 0 Å². The van der Waals surface area contributed by atoms with Gasteiger partial charge in [-0.1, -0.05) is 42.8 Å². The second-order valence-electron chi connectivity index (χ2n) is 8.42. The molecule has 28 heavy (non-hydrogen) atoms. The molecule has 2 atom stereocenters. The van der Waals surface area contributed by atoms with E-state index in [0.29, 0.717) is 23.4 Å². The quantitative estimate of drug-likeness (QED) is 0.758. The number of benzene rings is 2. The van der Waals surface area contributed by atoms with Gasteiger partial charge in [0.15, 0.2) is 11.6 Å². The summed E-state index contributed by atoms with van der Waals surface area (Å²) in [6.07, 6.45) is 3.01. The molecule has 2 N–H and O–H groups in total. The molecule has 0 amide bonds. The molecule has 150 valence electrons. The number of hydrogen-bond acceptors (Lipinski definition) is 3. The van der Waals surface area contributed by atoms with E-state index in [9.17, 15) is 13.9 Å². The van der Waals surface area contributed by atoms with E-state index in [-0.39, 0.29) is 0 Å². The van der Waals surface area contributed by atoms with Crippen molar-refractivity contribution in [1.29, 1.82) is 0 Å². The van der Waals surface area contributed by atoms with Gasteiger partial charge < -0.3 is 10.4 Å². The molecule has 0 bridgehead atoms. The monoisotopic (exact) mass is 386 g/mol. The van der Waals surface area contributed by atoms with E-state index < -0.39 is 17.7 Å². The summed E-state index contributed by atoms with van der Waals surface area (Å²) in [5.74, 6) is -1.25. The Morgan fingerprint density at radius 1 is 1.11 bits per heavy atom. The van der Waals surface area contributed by atoms with Crippen LogP contribution in [0.4, 0.5) is 8.78 Å². The zero-order valence-electron chi connectivity index (χ0n) is 16.1. The summed E-state index contributed by atoms with van der Waals surface area (Å²) in [7, 11) is 0. The predicted octanol–water partition coefficient (Wildman–Crippen LogP) is 3.89. The van der Waals surface area contributed by atoms with Crippen molar-refractivity contribution in [2.45, 2.75) is 31.9 Å². The lowest BCUT2D eigenvalue weighted by Gasteiger charge is -2.43. The minimum atomic E-state index is -0.919. The molecule has 1 saturated carbocycles. The fourth-order valence-electron chi connectivity index (χ4n) is 4.82. The topological polar surface area (TPSA) is 35.5 Å². The van der Waals surface area contributed by atoms with Gasteiger partial charge in [0.25, 0.3) is 0 Å². The van der Waals surface area contributed by atoms with E-state index in [1.165, 1.54) is 30.9 Å². The van der Waals surface area contributed by atoms with E-state index >= 15 is 0 Å². The standard InChI is InChI=1S/C23H28F2N2O/c24-20-8-7-18(11-21(20)25)22(28)13-26-12-19-15-27(16-23(19)9-4-10-23)14-17-5-2-1-3-6-17/h1-3,5-8,11,19,22,26,28H,4,9-10,12-16H2. The van der Waals surface area contributed by atoms with Gasteiger partial charge in [0.2, 0.25) is 0 Å². The summed E-state index contributed by atoms with van der Waals surface area (Å²) in [6, 6.07) is 14.2. The highest BCUT2D eigenvalue weighted by molar-refractivity contribution is 5.20. The van der Waals surface area contributed by atoms with E-state index in [4.69, 9.17) is 0 Å². The molecule has 1 spiro atoms. The molecule has 2 aromatic carbocycles. The summed E-state index contributed by atoms with van der Waals surface area (Å²) in [6.45, 7) is 4.36. The molecule has 0 radical (unpaired) electrons. The summed E-state index contributed by atoms with van der Waals surface area (Å²) in [4.78, 5) is 2.55. The van der Waals surface area contributed by atoms with Crippen LogP contribution in [0.2, 0.25) is 0 Å². The van der Waals surface area contributed by atoms with E-state index in [2.05, 4.69) is 34.5 Å². The van der Waals surface area contributed by atoms with Gasteiger partial charge in [0.1, 0.15) is 0 Å². The van der Waals surface area contributed by atoms with Gasteiger partial charge in [-0.25, -0.2) is 8.78 Å². The Kier molecular flexibility index (Phi) is 5.76. The molecular formula is C23H28F2N2O. The third-order valence-electron chi connectivity index (χ3n) is 6.54. The van der Waals surface area contributed by atoms with E-state index in [1.54, 1.807) is 0 Å².